The molecule has 0 aromatic carbocycles. The van der Waals surface area contributed by atoms with Crippen molar-refractivity contribution in [3.05, 3.63) is 0 Å². The Kier molecular flexibility index (Phi) is 3.81. The van der Waals surface area contributed by atoms with Crippen molar-refractivity contribution < 1.29 is 0 Å². The maximum atomic E-state index is 2.70. The molecule has 2 aliphatic heterocycles. The summed E-state index contributed by atoms with van der Waals surface area (Å²) in [4.78, 5) is 7.88. The van der Waals surface area contributed by atoms with Gasteiger partial charge in [0.2, 0.25) is 0 Å². The lowest BCUT2D eigenvalue weighted by molar-refractivity contribution is -0.0245. The van der Waals surface area contributed by atoms with Crippen molar-refractivity contribution in [3.8, 4) is 0 Å². The molecule has 3 nitrogen and oxygen atoms in total. The van der Waals surface area contributed by atoms with Crippen LogP contribution in [0.15, 0.2) is 0 Å². The zero-order valence-corrected chi connectivity index (χ0v) is 12.2. The van der Waals surface area contributed by atoms with Gasteiger partial charge in [-0.3, -0.25) is 14.7 Å². The van der Waals surface area contributed by atoms with Crippen molar-refractivity contribution in [1.82, 2.24) is 14.7 Å². The van der Waals surface area contributed by atoms with Gasteiger partial charge in [-0.2, -0.15) is 0 Å². The van der Waals surface area contributed by atoms with Gasteiger partial charge in [0.15, 0.2) is 0 Å². The number of rotatable bonds is 2. The van der Waals surface area contributed by atoms with Crippen LogP contribution < -0.4 is 0 Å². The van der Waals surface area contributed by atoms with Crippen molar-refractivity contribution in [1.29, 1.82) is 0 Å². The predicted octanol–water partition coefficient (Wildman–Crippen LogP) is 1.50. The highest BCUT2D eigenvalue weighted by Gasteiger charge is 2.35. The van der Waals surface area contributed by atoms with Crippen LogP contribution in [0, 0.1) is 0 Å². The highest BCUT2D eigenvalue weighted by molar-refractivity contribution is 4.92. The number of likely N-dealkylation sites (tertiary alicyclic amines) is 1. The third-order valence-corrected chi connectivity index (χ3v) is 4.40. The molecular formula is C14H29N3. The molecule has 0 amide bonds. The number of nitrogens with zero attached hydrogens (tertiary/aromatic N) is 3. The van der Waals surface area contributed by atoms with Crippen molar-refractivity contribution >= 4 is 0 Å². The molecule has 0 N–H and O–H groups in total. The lowest BCUT2D eigenvalue weighted by Crippen LogP contribution is -2.65. The molecule has 0 aliphatic carbocycles. The Morgan fingerprint density at radius 1 is 0.941 bits per heavy atom. The first-order chi connectivity index (χ1) is 7.88. The van der Waals surface area contributed by atoms with E-state index in [1.807, 2.05) is 0 Å². The van der Waals surface area contributed by atoms with Gasteiger partial charge in [0.1, 0.15) is 0 Å². The van der Waals surface area contributed by atoms with Crippen molar-refractivity contribution in [2.75, 3.05) is 39.3 Å². The van der Waals surface area contributed by atoms with E-state index in [1.54, 1.807) is 0 Å². The largest absolute Gasteiger partial charge is 0.298 e. The summed E-state index contributed by atoms with van der Waals surface area (Å²) in [6, 6.07) is 1.56. The Labute approximate surface area is 107 Å². The molecule has 0 atom stereocenters. The quantitative estimate of drug-likeness (QED) is 0.723. The average molecular weight is 239 g/mol. The Morgan fingerprint density at radius 3 is 1.88 bits per heavy atom. The SMILES string of the molecule is CC(C)N1CC(N2CCN(C(C)(C)C)CC2)C1. The van der Waals surface area contributed by atoms with E-state index < -0.39 is 0 Å². The minimum absolute atomic E-state index is 0.343. The number of hydrogen-bond donors (Lipinski definition) is 0. The Hall–Kier alpha value is -0.120. The van der Waals surface area contributed by atoms with Gasteiger partial charge in [0, 0.05) is 56.9 Å². The molecule has 100 valence electrons. The molecule has 2 aliphatic rings. The van der Waals surface area contributed by atoms with Gasteiger partial charge in [-0.15, -0.1) is 0 Å². The smallest absolute Gasteiger partial charge is 0.0351 e. The van der Waals surface area contributed by atoms with Crippen LogP contribution in [-0.4, -0.2) is 71.6 Å². The fraction of sp³-hybridized carbons (Fsp3) is 1.00. The third kappa shape index (κ3) is 3.01. The second-order valence-corrected chi connectivity index (χ2v) is 6.90. The zero-order valence-electron chi connectivity index (χ0n) is 12.2. The minimum Gasteiger partial charge on any atom is -0.298 e. The summed E-state index contributed by atoms with van der Waals surface area (Å²) >= 11 is 0. The third-order valence-electron chi connectivity index (χ3n) is 4.40. The van der Waals surface area contributed by atoms with E-state index >= 15 is 0 Å². The van der Waals surface area contributed by atoms with E-state index in [4.69, 9.17) is 0 Å². The van der Waals surface area contributed by atoms with Crippen LogP contribution >= 0.6 is 0 Å². The van der Waals surface area contributed by atoms with E-state index in [0.717, 1.165) is 12.1 Å². The number of hydrogen-bond acceptors (Lipinski definition) is 3. The zero-order chi connectivity index (χ0) is 12.6. The summed E-state index contributed by atoms with van der Waals surface area (Å²) in [6.45, 7) is 19.1. The summed E-state index contributed by atoms with van der Waals surface area (Å²) in [5, 5.41) is 0. The second-order valence-electron chi connectivity index (χ2n) is 6.90. The molecule has 0 unspecified atom stereocenters. The summed E-state index contributed by atoms with van der Waals surface area (Å²) in [6.07, 6.45) is 0. The van der Waals surface area contributed by atoms with Gasteiger partial charge in [-0.25, -0.2) is 0 Å². The summed E-state index contributed by atoms with van der Waals surface area (Å²) in [5.41, 5.74) is 0.343. The van der Waals surface area contributed by atoms with Crippen LogP contribution in [0.3, 0.4) is 0 Å². The van der Waals surface area contributed by atoms with E-state index in [9.17, 15) is 0 Å². The molecule has 0 aromatic rings. The normalized spacial score (nSPS) is 26.5. The Bertz CT molecular complexity index is 243. The molecule has 0 spiro atoms. The molecule has 2 saturated heterocycles. The standard InChI is InChI=1S/C14H29N3/c1-12(2)16-10-13(11-16)15-6-8-17(9-7-15)14(3,4)5/h12-13H,6-11H2,1-5H3. The first kappa shape index (κ1) is 13.3. The maximum Gasteiger partial charge on any atom is 0.0351 e. The van der Waals surface area contributed by atoms with Crippen LogP contribution in [0.25, 0.3) is 0 Å². The summed E-state index contributed by atoms with van der Waals surface area (Å²) in [7, 11) is 0. The van der Waals surface area contributed by atoms with Crippen LogP contribution in [0.1, 0.15) is 34.6 Å². The highest BCUT2D eigenvalue weighted by Crippen LogP contribution is 2.21. The van der Waals surface area contributed by atoms with E-state index in [-0.39, 0.29) is 0 Å². The van der Waals surface area contributed by atoms with Gasteiger partial charge in [-0.1, -0.05) is 0 Å². The van der Waals surface area contributed by atoms with Crippen LogP contribution in [0.2, 0.25) is 0 Å². The average Bonchev–Trinajstić information content (AvgIpc) is 2.14. The molecule has 3 heteroatoms. The van der Waals surface area contributed by atoms with Crippen molar-refractivity contribution in [2.45, 2.75) is 52.2 Å². The Balaban J connectivity index is 1.74. The van der Waals surface area contributed by atoms with E-state index in [1.165, 1.54) is 39.3 Å². The van der Waals surface area contributed by atoms with Crippen LogP contribution in [-0.2, 0) is 0 Å². The Morgan fingerprint density at radius 2 is 1.47 bits per heavy atom. The second kappa shape index (κ2) is 4.87. The lowest BCUT2D eigenvalue weighted by atomic mass is 10.0. The van der Waals surface area contributed by atoms with Gasteiger partial charge in [-0.05, 0) is 34.6 Å². The molecule has 2 heterocycles. The first-order valence-corrected chi connectivity index (χ1v) is 7.11. The van der Waals surface area contributed by atoms with Gasteiger partial charge in [0.25, 0.3) is 0 Å². The summed E-state index contributed by atoms with van der Waals surface area (Å²) in [5.74, 6) is 0. The van der Waals surface area contributed by atoms with E-state index in [2.05, 4.69) is 49.3 Å². The molecule has 0 bridgehead atoms. The molecule has 2 fully saturated rings. The minimum atomic E-state index is 0.343. The highest BCUT2D eigenvalue weighted by atomic mass is 15.4. The van der Waals surface area contributed by atoms with Gasteiger partial charge in [0.05, 0.1) is 0 Å². The fourth-order valence-electron chi connectivity index (χ4n) is 2.90. The first-order valence-electron chi connectivity index (χ1n) is 7.11. The van der Waals surface area contributed by atoms with Gasteiger partial charge >= 0.3 is 0 Å². The molecule has 17 heavy (non-hydrogen) atoms. The maximum absolute atomic E-state index is 2.70. The fourth-order valence-corrected chi connectivity index (χ4v) is 2.90. The summed E-state index contributed by atoms with van der Waals surface area (Å²) < 4.78 is 0. The molecule has 0 saturated carbocycles. The van der Waals surface area contributed by atoms with Crippen molar-refractivity contribution in [3.63, 3.8) is 0 Å². The van der Waals surface area contributed by atoms with Crippen LogP contribution in [0.5, 0.6) is 0 Å². The molecule has 0 aromatic heterocycles. The monoisotopic (exact) mass is 239 g/mol. The topological polar surface area (TPSA) is 9.72 Å². The predicted molar refractivity (Wildman–Crippen MR) is 73.4 cm³/mol. The van der Waals surface area contributed by atoms with E-state index in [0.29, 0.717) is 5.54 Å². The molecule has 2 rings (SSSR count). The van der Waals surface area contributed by atoms with Gasteiger partial charge < -0.3 is 0 Å². The molecule has 0 radical (unpaired) electrons. The van der Waals surface area contributed by atoms with Crippen molar-refractivity contribution in [2.24, 2.45) is 0 Å². The number of piperazine rings is 1. The lowest BCUT2D eigenvalue weighted by Gasteiger charge is -2.51. The molecular weight excluding hydrogens is 210 g/mol. The van der Waals surface area contributed by atoms with Crippen LogP contribution in [0.4, 0.5) is 0 Å².